The van der Waals surface area contributed by atoms with Crippen LogP contribution in [0.25, 0.3) is 0 Å². The molecule has 1 aliphatic carbocycles. The maximum absolute atomic E-state index is 13.6. The normalized spacial score (nSPS) is 14.7. The fourth-order valence-corrected chi connectivity index (χ4v) is 5.89. The molecule has 9 heteroatoms. The molecule has 0 bridgehead atoms. The Morgan fingerprint density at radius 3 is 2.40 bits per heavy atom. The van der Waals surface area contributed by atoms with Crippen LogP contribution in [0.2, 0.25) is 0 Å². The molecule has 35 heavy (non-hydrogen) atoms. The molecule has 0 saturated heterocycles. The van der Waals surface area contributed by atoms with Gasteiger partial charge in [0, 0.05) is 29.5 Å². The minimum absolute atomic E-state index is 0.170. The van der Waals surface area contributed by atoms with Gasteiger partial charge in [0.2, 0.25) is 0 Å². The predicted octanol–water partition coefficient (Wildman–Crippen LogP) is 4.88. The van der Waals surface area contributed by atoms with E-state index in [1.54, 1.807) is 38.5 Å². The molecule has 0 aliphatic heterocycles. The molecule has 2 heterocycles. The number of ketones is 1. The van der Waals surface area contributed by atoms with Gasteiger partial charge in [-0.05, 0) is 69.9 Å². The molecule has 1 aromatic carbocycles. The van der Waals surface area contributed by atoms with Gasteiger partial charge in [0.1, 0.15) is 10.8 Å². The molecule has 0 spiro atoms. The third-order valence-electron chi connectivity index (χ3n) is 6.83. The number of halogens is 1. The van der Waals surface area contributed by atoms with E-state index in [-0.39, 0.29) is 11.5 Å². The molecule has 0 radical (unpaired) electrons. The summed E-state index contributed by atoms with van der Waals surface area (Å²) in [5.74, 6) is -2.18. The van der Waals surface area contributed by atoms with Crippen LogP contribution in [0.5, 0.6) is 0 Å². The van der Waals surface area contributed by atoms with Gasteiger partial charge in [0.15, 0.2) is 0 Å². The van der Waals surface area contributed by atoms with E-state index in [4.69, 9.17) is 0 Å². The fraction of sp³-hybridized carbons (Fsp3) is 0.385. The number of rotatable bonds is 6. The Bertz CT molecular complexity index is 1330. The van der Waals surface area contributed by atoms with Gasteiger partial charge < -0.3 is 15.2 Å². The Labute approximate surface area is 207 Å². The van der Waals surface area contributed by atoms with Crippen LogP contribution in [0.4, 0.5) is 10.1 Å². The first kappa shape index (κ1) is 24.8. The lowest BCUT2D eigenvalue weighted by atomic mass is 9.97. The Hall–Kier alpha value is -3.33. The zero-order valence-corrected chi connectivity index (χ0v) is 21.4. The highest BCUT2D eigenvalue weighted by Gasteiger charge is 2.41. The summed E-state index contributed by atoms with van der Waals surface area (Å²) in [7, 11) is 1.66. The average molecular weight is 497 g/mol. The molecular weight excluding hydrogens is 467 g/mol. The highest BCUT2D eigenvalue weighted by atomic mass is 32.1. The van der Waals surface area contributed by atoms with Crippen LogP contribution < -0.4 is 10.6 Å². The van der Waals surface area contributed by atoms with E-state index in [1.165, 1.54) is 23.5 Å². The lowest BCUT2D eigenvalue weighted by molar-refractivity contribution is -0.119. The number of benzene rings is 1. The lowest BCUT2D eigenvalue weighted by Gasteiger charge is -2.27. The predicted molar refractivity (Wildman–Crippen MR) is 133 cm³/mol. The summed E-state index contributed by atoms with van der Waals surface area (Å²) in [4.78, 5) is 44.2. The molecule has 2 N–H and O–H groups in total. The number of hydrogen-bond donors (Lipinski definition) is 2. The van der Waals surface area contributed by atoms with Crippen molar-refractivity contribution in [1.82, 2.24) is 14.9 Å². The first-order chi connectivity index (χ1) is 16.5. The van der Waals surface area contributed by atoms with Gasteiger partial charge in [-0.3, -0.25) is 14.4 Å². The zero-order chi connectivity index (χ0) is 25.5. The molecule has 2 aromatic heterocycles. The van der Waals surface area contributed by atoms with Crippen LogP contribution in [0, 0.1) is 33.5 Å². The summed E-state index contributed by atoms with van der Waals surface area (Å²) in [6, 6.07) is 4.31. The second-order valence-corrected chi connectivity index (χ2v) is 10.1. The number of nitrogens with one attached hydrogen (secondary N) is 2. The highest BCUT2D eigenvalue weighted by Crippen LogP contribution is 2.40. The third kappa shape index (κ3) is 4.52. The van der Waals surface area contributed by atoms with Crippen LogP contribution in [0.3, 0.4) is 0 Å². The van der Waals surface area contributed by atoms with Crippen LogP contribution in [0.1, 0.15) is 74.1 Å². The van der Waals surface area contributed by atoms with Gasteiger partial charge in [-0.25, -0.2) is 9.37 Å². The summed E-state index contributed by atoms with van der Waals surface area (Å²) in [5.41, 5.74) is 2.57. The first-order valence-electron chi connectivity index (χ1n) is 11.6. The smallest absolute Gasteiger partial charge is 0.294 e. The maximum Gasteiger partial charge on any atom is 0.294 e. The Morgan fingerprint density at radius 2 is 1.80 bits per heavy atom. The molecule has 1 saturated carbocycles. The summed E-state index contributed by atoms with van der Waals surface area (Å²) in [6.07, 6.45) is 3.36. The number of Topliss-reactive ketones (excluding diaryl/α,β-unsaturated/α-hetero) is 1. The molecule has 0 atom stereocenters. The summed E-state index contributed by atoms with van der Waals surface area (Å²) in [5, 5.41) is 8.53. The monoisotopic (exact) mass is 496 g/mol. The minimum atomic E-state index is -0.704. The molecule has 3 aromatic rings. The quantitative estimate of drug-likeness (QED) is 0.376. The second kappa shape index (κ2) is 9.37. The van der Waals surface area contributed by atoms with Crippen molar-refractivity contribution in [2.75, 3.05) is 5.32 Å². The van der Waals surface area contributed by atoms with Gasteiger partial charge in [-0.1, -0.05) is 12.8 Å². The number of thiazole rings is 1. The van der Waals surface area contributed by atoms with Crippen molar-refractivity contribution in [3.8, 4) is 0 Å². The molecule has 7 nitrogen and oxygen atoms in total. The van der Waals surface area contributed by atoms with E-state index in [9.17, 15) is 18.8 Å². The molecule has 184 valence electrons. The van der Waals surface area contributed by atoms with Crippen molar-refractivity contribution < 1.29 is 18.8 Å². The topological polar surface area (TPSA) is 93.1 Å². The largest absolute Gasteiger partial charge is 0.344 e. The molecule has 2 amide bonds. The summed E-state index contributed by atoms with van der Waals surface area (Å²) >= 11 is 1.50. The van der Waals surface area contributed by atoms with E-state index in [0.717, 1.165) is 36.4 Å². The number of hydrogen-bond acceptors (Lipinski definition) is 5. The van der Waals surface area contributed by atoms with Gasteiger partial charge >= 0.3 is 0 Å². The number of aromatic nitrogens is 2. The second-order valence-electron chi connectivity index (χ2n) is 9.28. The summed E-state index contributed by atoms with van der Waals surface area (Å²) in [6.45, 7) is 6.91. The molecule has 4 rings (SSSR count). The standard InChI is InChI=1S/C26H29FN4O3S/c1-14-12-18(8-9-19(14)27)29-23(33)20-16(3)21(31(5)17(20)4)22(32)24(34)30-26(10-6-7-11-26)25-28-15(2)13-35-25/h8-9,12-13H,6-7,10-11H2,1-5H3,(H,29,33)(H,30,34). The SMILES string of the molecule is Cc1csc(C2(NC(=O)C(=O)c3c(C)c(C(=O)Nc4ccc(F)c(C)c4)c(C)n3C)CCCC2)n1. The minimum Gasteiger partial charge on any atom is -0.344 e. The van der Waals surface area contributed by atoms with Gasteiger partial charge in [0.05, 0.1) is 16.8 Å². The van der Waals surface area contributed by atoms with E-state index in [0.29, 0.717) is 28.1 Å². The number of anilines is 1. The lowest BCUT2D eigenvalue weighted by Crippen LogP contribution is -2.47. The third-order valence-corrected chi connectivity index (χ3v) is 8.00. The van der Waals surface area contributed by atoms with E-state index in [1.807, 2.05) is 12.3 Å². The van der Waals surface area contributed by atoms with Crippen molar-refractivity contribution in [2.45, 2.75) is 58.9 Å². The number of carbonyl (C=O) groups is 3. The van der Waals surface area contributed by atoms with Crippen LogP contribution in [-0.2, 0) is 17.4 Å². The molecule has 1 aliphatic rings. The van der Waals surface area contributed by atoms with Crippen molar-refractivity contribution in [2.24, 2.45) is 7.05 Å². The van der Waals surface area contributed by atoms with Crippen molar-refractivity contribution >= 4 is 34.6 Å². The van der Waals surface area contributed by atoms with E-state index in [2.05, 4.69) is 15.6 Å². The fourth-order valence-electron chi connectivity index (χ4n) is 4.88. The molecule has 1 fully saturated rings. The number of aryl methyl sites for hydroxylation is 2. The van der Waals surface area contributed by atoms with Gasteiger partial charge in [0.25, 0.3) is 17.6 Å². The highest BCUT2D eigenvalue weighted by molar-refractivity contribution is 7.09. The summed E-state index contributed by atoms with van der Waals surface area (Å²) < 4.78 is 15.2. The van der Waals surface area contributed by atoms with Crippen LogP contribution >= 0.6 is 11.3 Å². The van der Waals surface area contributed by atoms with Crippen molar-refractivity contribution in [3.05, 3.63) is 68.2 Å². The van der Waals surface area contributed by atoms with Gasteiger partial charge in [-0.2, -0.15) is 0 Å². The number of amides is 2. The zero-order valence-electron chi connectivity index (χ0n) is 20.5. The van der Waals surface area contributed by atoms with E-state index >= 15 is 0 Å². The van der Waals surface area contributed by atoms with Crippen LogP contribution in [0.15, 0.2) is 23.6 Å². The van der Waals surface area contributed by atoms with Crippen molar-refractivity contribution in [3.63, 3.8) is 0 Å². The first-order valence-corrected chi connectivity index (χ1v) is 12.4. The number of carbonyl (C=O) groups excluding carboxylic acids is 3. The molecular formula is C26H29FN4O3S. The van der Waals surface area contributed by atoms with Gasteiger partial charge in [-0.15, -0.1) is 11.3 Å². The Balaban J connectivity index is 1.60. The van der Waals surface area contributed by atoms with E-state index < -0.39 is 23.1 Å². The average Bonchev–Trinajstić information content (AvgIpc) is 3.50. The maximum atomic E-state index is 13.6. The van der Waals surface area contributed by atoms with Crippen LogP contribution in [-0.4, -0.2) is 27.1 Å². The molecule has 0 unspecified atom stereocenters. The van der Waals surface area contributed by atoms with Crippen molar-refractivity contribution in [1.29, 1.82) is 0 Å². The Morgan fingerprint density at radius 1 is 1.11 bits per heavy atom. The number of nitrogens with zero attached hydrogens (tertiary/aromatic N) is 2. The Kier molecular flexibility index (Phi) is 6.64.